The Labute approximate surface area is 168 Å². The van der Waals surface area contributed by atoms with Gasteiger partial charge >= 0.3 is 0 Å². The van der Waals surface area contributed by atoms with Crippen LogP contribution >= 0.6 is 0 Å². The third-order valence-corrected chi connectivity index (χ3v) is 5.55. The number of carbonyl (C=O) groups is 1. The van der Waals surface area contributed by atoms with E-state index in [0.717, 1.165) is 25.8 Å². The second kappa shape index (κ2) is 8.36. The van der Waals surface area contributed by atoms with Gasteiger partial charge in [-0.1, -0.05) is 0 Å². The first kappa shape index (κ1) is 19.0. The molecule has 29 heavy (non-hydrogen) atoms. The van der Waals surface area contributed by atoms with Gasteiger partial charge in [0.2, 0.25) is 0 Å². The molecule has 3 heterocycles. The van der Waals surface area contributed by atoms with Gasteiger partial charge in [-0.15, -0.1) is 10.2 Å². The third-order valence-electron chi connectivity index (χ3n) is 5.55. The smallest absolute Gasteiger partial charge is 0.273 e. The van der Waals surface area contributed by atoms with Gasteiger partial charge in [0.05, 0.1) is 18.1 Å². The van der Waals surface area contributed by atoms with Crippen molar-refractivity contribution in [1.82, 2.24) is 30.8 Å². The van der Waals surface area contributed by atoms with Crippen molar-refractivity contribution in [3.63, 3.8) is 0 Å². The van der Waals surface area contributed by atoms with Crippen LogP contribution in [0, 0.1) is 17.2 Å². The lowest BCUT2D eigenvalue weighted by Gasteiger charge is -2.35. The highest BCUT2D eigenvalue weighted by Gasteiger charge is 2.36. The molecule has 0 radical (unpaired) electrons. The predicted octanol–water partition coefficient (Wildman–Crippen LogP) is 1.18. The second-order valence-electron chi connectivity index (χ2n) is 7.29. The van der Waals surface area contributed by atoms with Crippen molar-refractivity contribution in [3.8, 4) is 6.07 Å². The van der Waals surface area contributed by atoms with E-state index in [1.165, 1.54) is 18.8 Å². The monoisotopic (exact) mass is 393 g/mol. The van der Waals surface area contributed by atoms with Crippen LogP contribution < -0.4 is 21.3 Å². The molecule has 10 heteroatoms. The van der Waals surface area contributed by atoms with Crippen LogP contribution in [-0.4, -0.2) is 51.7 Å². The average molecular weight is 393 g/mol. The van der Waals surface area contributed by atoms with Gasteiger partial charge in [-0.2, -0.15) is 5.26 Å². The van der Waals surface area contributed by atoms with Crippen molar-refractivity contribution in [2.45, 2.75) is 37.8 Å². The molecule has 2 aliphatic rings. The molecular formula is C19H23N9O. The number of nitriles is 1. The van der Waals surface area contributed by atoms with Crippen LogP contribution in [0.5, 0.6) is 0 Å². The normalized spacial score (nSPS) is 23.0. The number of rotatable bonds is 5. The fourth-order valence-corrected chi connectivity index (χ4v) is 4.17. The maximum absolute atomic E-state index is 12.3. The van der Waals surface area contributed by atoms with E-state index < -0.39 is 0 Å². The number of hydrogen-bond acceptors (Lipinski definition) is 9. The van der Waals surface area contributed by atoms with E-state index in [2.05, 4.69) is 41.4 Å². The summed E-state index contributed by atoms with van der Waals surface area (Å²) in [5.74, 6) is 1.13. The number of nitrogens with one attached hydrogen (secondary N) is 4. The first-order valence-electron chi connectivity index (χ1n) is 9.77. The van der Waals surface area contributed by atoms with Crippen molar-refractivity contribution in [2.24, 2.45) is 5.92 Å². The molecule has 150 valence electrons. The Morgan fingerprint density at radius 3 is 2.86 bits per heavy atom. The van der Waals surface area contributed by atoms with Crippen LogP contribution in [0.1, 0.15) is 41.9 Å². The molecular weight excluding hydrogens is 370 g/mol. The minimum atomic E-state index is -0.290. The molecule has 0 bridgehead atoms. The van der Waals surface area contributed by atoms with Crippen LogP contribution in [0.25, 0.3) is 0 Å². The molecule has 2 aromatic rings. The maximum Gasteiger partial charge on any atom is 0.273 e. The van der Waals surface area contributed by atoms with Gasteiger partial charge in [-0.25, -0.2) is 9.97 Å². The Morgan fingerprint density at radius 2 is 2.10 bits per heavy atom. The van der Waals surface area contributed by atoms with Gasteiger partial charge < -0.3 is 21.3 Å². The summed E-state index contributed by atoms with van der Waals surface area (Å²) in [6.07, 6.45) is 7.36. The van der Waals surface area contributed by atoms with Crippen molar-refractivity contribution in [2.75, 3.05) is 24.2 Å². The zero-order valence-corrected chi connectivity index (χ0v) is 16.1. The zero-order valence-electron chi connectivity index (χ0n) is 16.1. The Morgan fingerprint density at radius 1 is 1.21 bits per heavy atom. The summed E-state index contributed by atoms with van der Waals surface area (Å²) in [7, 11) is 1.57. The fraction of sp³-hybridized carbons (Fsp3) is 0.474. The van der Waals surface area contributed by atoms with Gasteiger partial charge in [-0.3, -0.25) is 4.79 Å². The number of amides is 1. The molecule has 1 aliphatic heterocycles. The summed E-state index contributed by atoms with van der Waals surface area (Å²) in [6, 6.07) is 4.51. The quantitative estimate of drug-likeness (QED) is 0.589. The summed E-state index contributed by atoms with van der Waals surface area (Å²) in [5.41, 5.74) is 1.13. The lowest BCUT2D eigenvalue weighted by atomic mass is 9.81. The molecule has 1 saturated carbocycles. The fourth-order valence-electron chi connectivity index (χ4n) is 4.17. The molecule has 4 N–H and O–H groups in total. The number of carbonyl (C=O) groups excluding carboxylic acids is 1. The third kappa shape index (κ3) is 4.09. The lowest BCUT2D eigenvalue weighted by molar-refractivity contribution is 0.0958. The molecule has 1 aliphatic carbocycles. The molecule has 0 spiro atoms. The van der Waals surface area contributed by atoms with E-state index in [9.17, 15) is 4.79 Å². The Balaban J connectivity index is 1.58. The highest BCUT2D eigenvalue weighted by molar-refractivity contribution is 5.97. The Kier molecular flexibility index (Phi) is 5.48. The minimum absolute atomic E-state index is 0.232. The molecule has 2 fully saturated rings. The number of aromatic nitrogens is 4. The highest BCUT2D eigenvalue weighted by atomic mass is 16.1. The number of fused-ring (bicyclic) bond motifs is 1. The molecule has 4 rings (SSSR count). The molecule has 0 aromatic carbocycles. The second-order valence-corrected chi connectivity index (χ2v) is 7.29. The molecule has 3 unspecified atom stereocenters. The van der Waals surface area contributed by atoms with E-state index in [1.807, 2.05) is 6.07 Å². The van der Waals surface area contributed by atoms with Crippen LogP contribution in [0.2, 0.25) is 0 Å². The summed E-state index contributed by atoms with van der Waals surface area (Å²) < 4.78 is 0. The summed E-state index contributed by atoms with van der Waals surface area (Å²) in [4.78, 5) is 20.4. The van der Waals surface area contributed by atoms with Gasteiger partial charge in [0.25, 0.3) is 5.91 Å². The maximum atomic E-state index is 12.3. The van der Waals surface area contributed by atoms with E-state index >= 15 is 0 Å². The number of anilines is 3. The van der Waals surface area contributed by atoms with Gasteiger partial charge in [0.15, 0.2) is 17.2 Å². The lowest BCUT2D eigenvalue weighted by Crippen LogP contribution is -2.42. The molecule has 1 amide bonds. The van der Waals surface area contributed by atoms with Crippen LogP contribution in [0.15, 0.2) is 18.5 Å². The molecule has 1 saturated heterocycles. The average Bonchev–Trinajstić information content (AvgIpc) is 3.24. The standard InChI is InChI=1S/C19H23N9O/c1-21-19(29)18-15(25-14-4-2-3-13-12(14)5-6-22-13)7-16(27-28-18)26-17-10-23-11(8-20)9-24-17/h7,9-10,12-14,22H,2-6H2,1H3,(H,21,29)(H2,24,25,26,27). The zero-order chi connectivity index (χ0) is 20.2. The van der Waals surface area contributed by atoms with Crippen molar-refractivity contribution < 1.29 is 4.79 Å². The van der Waals surface area contributed by atoms with Crippen molar-refractivity contribution >= 4 is 23.2 Å². The first-order valence-corrected chi connectivity index (χ1v) is 9.77. The number of nitrogens with zero attached hydrogens (tertiary/aromatic N) is 5. The topological polar surface area (TPSA) is 141 Å². The van der Waals surface area contributed by atoms with Crippen LogP contribution in [0.3, 0.4) is 0 Å². The predicted molar refractivity (Wildman–Crippen MR) is 107 cm³/mol. The van der Waals surface area contributed by atoms with Gasteiger partial charge in [0, 0.05) is 25.2 Å². The van der Waals surface area contributed by atoms with E-state index in [-0.39, 0.29) is 23.3 Å². The van der Waals surface area contributed by atoms with E-state index in [4.69, 9.17) is 5.26 Å². The Bertz CT molecular complexity index is 924. The van der Waals surface area contributed by atoms with Gasteiger partial charge in [0.1, 0.15) is 11.9 Å². The summed E-state index contributed by atoms with van der Waals surface area (Å²) in [5, 5.41) is 29.8. The Hall–Kier alpha value is -3.32. The SMILES string of the molecule is CNC(=O)c1nnc(Nc2cnc(C#N)cn2)cc1NC1CCCC2NCCC21. The van der Waals surface area contributed by atoms with E-state index in [0.29, 0.717) is 29.3 Å². The summed E-state index contributed by atoms with van der Waals surface area (Å²) in [6.45, 7) is 1.04. The first-order chi connectivity index (χ1) is 14.2. The number of hydrogen-bond donors (Lipinski definition) is 4. The molecule has 10 nitrogen and oxygen atoms in total. The highest BCUT2D eigenvalue weighted by Crippen LogP contribution is 2.33. The van der Waals surface area contributed by atoms with Crippen LogP contribution in [0.4, 0.5) is 17.3 Å². The van der Waals surface area contributed by atoms with Crippen molar-refractivity contribution in [3.05, 3.63) is 29.8 Å². The van der Waals surface area contributed by atoms with Crippen LogP contribution in [-0.2, 0) is 0 Å². The molecule has 2 aromatic heterocycles. The summed E-state index contributed by atoms with van der Waals surface area (Å²) >= 11 is 0. The van der Waals surface area contributed by atoms with E-state index in [1.54, 1.807) is 13.1 Å². The van der Waals surface area contributed by atoms with Gasteiger partial charge in [-0.05, 0) is 38.1 Å². The minimum Gasteiger partial charge on any atom is -0.380 e. The molecule has 3 atom stereocenters. The van der Waals surface area contributed by atoms with Crippen molar-refractivity contribution in [1.29, 1.82) is 5.26 Å². The largest absolute Gasteiger partial charge is 0.380 e.